The lowest BCUT2D eigenvalue weighted by atomic mass is 10.1. The van der Waals surface area contributed by atoms with Crippen LogP contribution in [-0.4, -0.2) is 40.4 Å². The van der Waals surface area contributed by atoms with Gasteiger partial charge in [0.15, 0.2) is 0 Å². The van der Waals surface area contributed by atoms with Gasteiger partial charge in [0.05, 0.1) is 6.61 Å². The monoisotopic (exact) mass is 313 g/mol. The van der Waals surface area contributed by atoms with Gasteiger partial charge in [0.1, 0.15) is 18.7 Å². The lowest BCUT2D eigenvalue weighted by Gasteiger charge is -2.19. The smallest absolute Gasteiger partial charge is 0.351 e. The van der Waals surface area contributed by atoms with E-state index in [-0.39, 0.29) is 43.9 Å². The van der Waals surface area contributed by atoms with E-state index in [0.717, 1.165) is 0 Å². The number of nitrogens with two attached hydrogens (primary N) is 1. The van der Waals surface area contributed by atoms with Gasteiger partial charge in [-0.1, -0.05) is 13.8 Å². The number of carbonyl (C=O) groups is 1. The first-order valence-corrected chi connectivity index (χ1v) is 7.16. The maximum atomic E-state index is 11.7. The molecule has 8 nitrogen and oxygen atoms in total. The highest BCUT2D eigenvalue weighted by molar-refractivity contribution is 5.69. The Labute approximate surface area is 128 Å². The second kappa shape index (κ2) is 9.16. The molecular formula is C14H23N3O5. The van der Waals surface area contributed by atoms with E-state index in [1.165, 1.54) is 16.8 Å². The molecule has 0 amide bonds. The van der Waals surface area contributed by atoms with Gasteiger partial charge in [-0.15, -0.1) is 0 Å². The maximum absolute atomic E-state index is 11.7. The van der Waals surface area contributed by atoms with Crippen molar-refractivity contribution < 1.29 is 19.4 Å². The Balaban J connectivity index is 2.51. The van der Waals surface area contributed by atoms with Gasteiger partial charge < -0.3 is 20.3 Å². The fraction of sp³-hybridized carbons (Fsp3) is 0.643. The summed E-state index contributed by atoms with van der Waals surface area (Å²) >= 11 is 0. The quantitative estimate of drug-likeness (QED) is 0.498. The summed E-state index contributed by atoms with van der Waals surface area (Å²) in [6.45, 7) is 3.90. The topological polar surface area (TPSA) is 117 Å². The van der Waals surface area contributed by atoms with Gasteiger partial charge in [-0.3, -0.25) is 9.36 Å². The Morgan fingerprint density at radius 3 is 2.77 bits per heavy atom. The lowest BCUT2D eigenvalue weighted by Crippen LogP contribution is -2.30. The van der Waals surface area contributed by atoms with Crippen LogP contribution in [0.2, 0.25) is 0 Å². The Bertz CT molecular complexity index is 529. The Kier molecular flexibility index (Phi) is 7.55. The molecule has 0 aliphatic heterocycles. The normalized spacial score (nSPS) is 12.4. The Hall–Kier alpha value is -1.93. The third-order valence-electron chi connectivity index (χ3n) is 2.77. The number of nitrogens with zero attached hydrogens (tertiary/aromatic N) is 2. The summed E-state index contributed by atoms with van der Waals surface area (Å²) in [5, 5.41) is 9.06. The molecule has 0 bridgehead atoms. The molecule has 3 N–H and O–H groups in total. The average molecular weight is 313 g/mol. The van der Waals surface area contributed by atoms with Crippen molar-refractivity contribution >= 4 is 11.8 Å². The number of anilines is 1. The SMILES string of the molecule is CC(C)CC(=O)OCCOC(CCO)n1ccc(N)nc1=O. The van der Waals surface area contributed by atoms with Crippen LogP contribution in [-0.2, 0) is 14.3 Å². The molecule has 1 aromatic rings. The fourth-order valence-corrected chi connectivity index (χ4v) is 1.79. The zero-order valence-electron chi connectivity index (χ0n) is 12.9. The molecule has 22 heavy (non-hydrogen) atoms. The fourth-order valence-electron chi connectivity index (χ4n) is 1.79. The van der Waals surface area contributed by atoms with Crippen LogP contribution >= 0.6 is 0 Å². The molecule has 1 rings (SSSR count). The molecule has 0 aliphatic rings. The van der Waals surface area contributed by atoms with Gasteiger partial charge >= 0.3 is 11.7 Å². The van der Waals surface area contributed by atoms with Crippen LogP contribution in [0.1, 0.15) is 32.9 Å². The lowest BCUT2D eigenvalue weighted by molar-refractivity contribution is -0.147. The highest BCUT2D eigenvalue weighted by Gasteiger charge is 2.14. The number of hydrogen-bond acceptors (Lipinski definition) is 7. The van der Waals surface area contributed by atoms with E-state index in [1.807, 2.05) is 13.8 Å². The first-order chi connectivity index (χ1) is 10.4. The number of aromatic nitrogens is 2. The molecule has 1 heterocycles. The minimum Gasteiger partial charge on any atom is -0.463 e. The molecule has 8 heteroatoms. The first-order valence-electron chi connectivity index (χ1n) is 7.16. The largest absolute Gasteiger partial charge is 0.463 e. The first kappa shape index (κ1) is 18.1. The summed E-state index contributed by atoms with van der Waals surface area (Å²) < 4.78 is 11.7. The van der Waals surface area contributed by atoms with Crippen LogP contribution in [0.4, 0.5) is 5.82 Å². The second-order valence-corrected chi connectivity index (χ2v) is 5.20. The van der Waals surface area contributed by atoms with Crippen LogP contribution in [0, 0.1) is 5.92 Å². The van der Waals surface area contributed by atoms with E-state index in [1.54, 1.807) is 0 Å². The van der Waals surface area contributed by atoms with E-state index >= 15 is 0 Å². The van der Waals surface area contributed by atoms with Gasteiger partial charge in [-0.2, -0.15) is 4.98 Å². The number of esters is 1. The van der Waals surface area contributed by atoms with Crippen molar-refractivity contribution in [2.45, 2.75) is 32.9 Å². The Morgan fingerprint density at radius 2 is 2.18 bits per heavy atom. The zero-order valence-corrected chi connectivity index (χ0v) is 12.9. The molecule has 1 unspecified atom stereocenters. The van der Waals surface area contributed by atoms with Crippen molar-refractivity contribution in [2.24, 2.45) is 5.92 Å². The third kappa shape index (κ3) is 6.23. The highest BCUT2D eigenvalue weighted by atomic mass is 16.6. The summed E-state index contributed by atoms with van der Waals surface area (Å²) in [7, 11) is 0. The summed E-state index contributed by atoms with van der Waals surface area (Å²) in [6.07, 6.45) is 1.33. The predicted molar refractivity (Wildman–Crippen MR) is 80.0 cm³/mol. The summed E-state index contributed by atoms with van der Waals surface area (Å²) in [6, 6.07) is 1.47. The number of aliphatic hydroxyl groups is 1. The van der Waals surface area contributed by atoms with Crippen LogP contribution in [0.25, 0.3) is 0 Å². The maximum Gasteiger partial charge on any atom is 0.351 e. The van der Waals surface area contributed by atoms with E-state index < -0.39 is 11.9 Å². The molecule has 1 aromatic heterocycles. The summed E-state index contributed by atoms with van der Waals surface area (Å²) in [4.78, 5) is 26.7. The van der Waals surface area contributed by atoms with E-state index in [4.69, 9.17) is 20.3 Å². The summed E-state index contributed by atoms with van der Waals surface area (Å²) in [5.41, 5.74) is 4.86. The zero-order chi connectivity index (χ0) is 16.5. The molecule has 0 spiro atoms. The molecular weight excluding hydrogens is 290 g/mol. The minimum atomic E-state index is -0.686. The van der Waals surface area contributed by atoms with Gasteiger partial charge in [0.2, 0.25) is 0 Å². The van der Waals surface area contributed by atoms with Gasteiger partial charge in [0, 0.05) is 25.6 Å². The number of hydrogen-bond donors (Lipinski definition) is 2. The number of carbonyl (C=O) groups excluding carboxylic acids is 1. The van der Waals surface area contributed by atoms with Crippen molar-refractivity contribution in [3.05, 3.63) is 22.7 Å². The highest BCUT2D eigenvalue weighted by Crippen LogP contribution is 2.11. The number of aliphatic hydroxyl groups excluding tert-OH is 1. The number of nitrogen functional groups attached to an aromatic ring is 1. The average Bonchev–Trinajstić information content (AvgIpc) is 2.42. The van der Waals surface area contributed by atoms with Crippen LogP contribution in [0.15, 0.2) is 17.1 Å². The molecule has 0 saturated heterocycles. The standard InChI is InChI=1S/C14H23N3O5/c1-10(2)9-13(19)22-8-7-21-12(4-6-18)17-5-3-11(15)16-14(17)20/h3,5,10,12,18H,4,6-9H2,1-2H3,(H2,15,16,20). The van der Waals surface area contributed by atoms with Crippen molar-refractivity contribution in [1.82, 2.24) is 9.55 Å². The predicted octanol–water partition coefficient (Wildman–Crippen LogP) is 0.312. The molecule has 124 valence electrons. The van der Waals surface area contributed by atoms with Gasteiger partial charge in [0.25, 0.3) is 0 Å². The molecule has 1 atom stereocenters. The van der Waals surface area contributed by atoms with Crippen molar-refractivity contribution in [3.8, 4) is 0 Å². The van der Waals surface area contributed by atoms with Crippen LogP contribution < -0.4 is 11.4 Å². The van der Waals surface area contributed by atoms with Crippen molar-refractivity contribution in [1.29, 1.82) is 0 Å². The molecule has 0 aromatic carbocycles. The van der Waals surface area contributed by atoms with E-state index in [2.05, 4.69) is 4.98 Å². The Morgan fingerprint density at radius 1 is 1.45 bits per heavy atom. The number of ether oxygens (including phenoxy) is 2. The number of rotatable bonds is 9. The van der Waals surface area contributed by atoms with Crippen molar-refractivity contribution in [3.63, 3.8) is 0 Å². The van der Waals surface area contributed by atoms with E-state index in [0.29, 0.717) is 6.42 Å². The molecule has 0 aliphatic carbocycles. The van der Waals surface area contributed by atoms with Crippen LogP contribution in [0.3, 0.4) is 0 Å². The van der Waals surface area contributed by atoms with E-state index in [9.17, 15) is 9.59 Å². The summed E-state index contributed by atoms with van der Waals surface area (Å²) in [5.74, 6) is 0.0604. The van der Waals surface area contributed by atoms with Gasteiger partial charge in [-0.05, 0) is 12.0 Å². The third-order valence-corrected chi connectivity index (χ3v) is 2.77. The second-order valence-electron chi connectivity index (χ2n) is 5.20. The van der Waals surface area contributed by atoms with Crippen molar-refractivity contribution in [2.75, 3.05) is 25.6 Å². The minimum absolute atomic E-state index is 0.0879. The molecule has 0 fully saturated rings. The van der Waals surface area contributed by atoms with Crippen LogP contribution in [0.5, 0.6) is 0 Å². The molecule has 0 radical (unpaired) electrons. The molecule has 0 saturated carbocycles. The van der Waals surface area contributed by atoms with Gasteiger partial charge in [-0.25, -0.2) is 4.79 Å².